The van der Waals surface area contributed by atoms with E-state index >= 15 is 0 Å². The van der Waals surface area contributed by atoms with Crippen LogP contribution in [0.5, 0.6) is 11.5 Å². The number of non-ortho nitro benzene ring substituents is 1. The Bertz CT molecular complexity index is 490. The highest BCUT2D eigenvalue weighted by Gasteiger charge is 2.01. The second-order valence-electron chi connectivity index (χ2n) is 3.25. The molecule has 6 heteroatoms. The minimum absolute atomic E-state index is 0.0596. The van der Waals surface area contributed by atoms with Gasteiger partial charge in [-0.1, -0.05) is 11.6 Å². The van der Waals surface area contributed by atoms with Gasteiger partial charge in [0.15, 0.2) is 0 Å². The second kappa shape index (κ2) is 6.46. The first-order valence-corrected chi connectivity index (χ1v) is 5.25. The molecule has 0 fully saturated rings. The fraction of sp³-hybridized carbons (Fsp3) is 0. The first kappa shape index (κ1) is 13.8. The summed E-state index contributed by atoms with van der Waals surface area (Å²) >= 11 is 5.49. The zero-order valence-corrected chi connectivity index (χ0v) is 9.91. The van der Waals surface area contributed by atoms with E-state index in [4.69, 9.17) is 21.8 Å². The summed E-state index contributed by atoms with van der Waals surface area (Å²) in [4.78, 5) is 9.61. The van der Waals surface area contributed by atoms with Crippen LogP contribution in [-0.2, 0) is 0 Å². The number of hydrogen-bond donors (Lipinski definition) is 2. The highest BCUT2D eigenvalue weighted by Crippen LogP contribution is 2.14. The van der Waals surface area contributed by atoms with Crippen LogP contribution in [0.15, 0.2) is 48.5 Å². The molecule has 2 aromatic carbocycles. The van der Waals surface area contributed by atoms with Crippen molar-refractivity contribution in [1.82, 2.24) is 0 Å². The van der Waals surface area contributed by atoms with Crippen LogP contribution in [0.1, 0.15) is 0 Å². The topological polar surface area (TPSA) is 83.6 Å². The molecule has 0 heterocycles. The maximum Gasteiger partial charge on any atom is 0.269 e. The molecular weight excluding hydrogens is 258 g/mol. The molecule has 5 nitrogen and oxygen atoms in total. The number of nitro groups is 1. The lowest BCUT2D eigenvalue weighted by molar-refractivity contribution is -0.384. The lowest BCUT2D eigenvalue weighted by Crippen LogP contribution is -1.85. The number of halogens is 1. The van der Waals surface area contributed by atoms with Crippen LogP contribution in [0.25, 0.3) is 0 Å². The largest absolute Gasteiger partial charge is 0.508 e. The summed E-state index contributed by atoms with van der Waals surface area (Å²) in [5.74, 6) is 0.339. The van der Waals surface area contributed by atoms with E-state index in [-0.39, 0.29) is 17.2 Å². The van der Waals surface area contributed by atoms with Crippen molar-refractivity contribution in [2.75, 3.05) is 0 Å². The predicted molar refractivity (Wildman–Crippen MR) is 67.9 cm³/mol. The third-order valence-electron chi connectivity index (χ3n) is 1.89. The van der Waals surface area contributed by atoms with Gasteiger partial charge >= 0.3 is 0 Å². The smallest absolute Gasteiger partial charge is 0.269 e. The molecule has 2 rings (SSSR count). The Balaban J connectivity index is 0.000000184. The summed E-state index contributed by atoms with van der Waals surface area (Å²) in [6.07, 6.45) is 0. The van der Waals surface area contributed by atoms with Crippen LogP contribution in [-0.4, -0.2) is 15.1 Å². The van der Waals surface area contributed by atoms with Gasteiger partial charge in [0.1, 0.15) is 11.5 Å². The Morgan fingerprint density at radius 3 is 1.61 bits per heavy atom. The van der Waals surface area contributed by atoms with Crippen molar-refractivity contribution in [2.24, 2.45) is 0 Å². The van der Waals surface area contributed by atoms with Crippen LogP contribution in [0.4, 0.5) is 5.69 Å². The average molecular weight is 268 g/mol. The SMILES string of the molecule is O=[N+]([O-])c1ccc(Cl)cc1.Oc1ccc(O)cc1. The molecule has 0 radical (unpaired) electrons. The molecule has 0 bridgehead atoms. The number of nitrogens with zero attached hydrogens (tertiary/aromatic N) is 1. The lowest BCUT2D eigenvalue weighted by atomic mass is 10.3. The van der Waals surface area contributed by atoms with E-state index in [0.29, 0.717) is 5.02 Å². The number of rotatable bonds is 1. The van der Waals surface area contributed by atoms with Crippen molar-refractivity contribution in [1.29, 1.82) is 0 Å². The fourth-order valence-corrected chi connectivity index (χ4v) is 1.14. The van der Waals surface area contributed by atoms with Gasteiger partial charge in [0.05, 0.1) is 4.92 Å². The fourth-order valence-electron chi connectivity index (χ4n) is 1.02. The Hall–Kier alpha value is -2.27. The molecule has 0 saturated heterocycles. The van der Waals surface area contributed by atoms with Gasteiger partial charge in [0, 0.05) is 17.2 Å². The van der Waals surface area contributed by atoms with Crippen molar-refractivity contribution in [3.05, 3.63) is 63.7 Å². The number of nitro benzene ring substituents is 1. The van der Waals surface area contributed by atoms with Crippen LogP contribution in [0, 0.1) is 10.1 Å². The van der Waals surface area contributed by atoms with Gasteiger partial charge in [-0.05, 0) is 36.4 Å². The van der Waals surface area contributed by atoms with E-state index in [1.807, 2.05) is 0 Å². The van der Waals surface area contributed by atoms with Crippen molar-refractivity contribution in [3.63, 3.8) is 0 Å². The van der Waals surface area contributed by atoms with E-state index in [9.17, 15) is 10.1 Å². The van der Waals surface area contributed by atoms with Crippen LogP contribution in [0.2, 0.25) is 5.02 Å². The highest BCUT2D eigenvalue weighted by molar-refractivity contribution is 6.30. The number of benzene rings is 2. The molecule has 0 saturated carbocycles. The lowest BCUT2D eigenvalue weighted by Gasteiger charge is -1.88. The highest BCUT2D eigenvalue weighted by atomic mass is 35.5. The normalized spacial score (nSPS) is 9.17. The first-order valence-electron chi connectivity index (χ1n) is 4.87. The molecule has 0 aliphatic heterocycles. The Kier molecular flexibility index (Phi) is 4.95. The molecule has 18 heavy (non-hydrogen) atoms. The van der Waals surface area contributed by atoms with Gasteiger partial charge in [0.25, 0.3) is 5.69 Å². The van der Waals surface area contributed by atoms with Crippen molar-refractivity contribution in [3.8, 4) is 11.5 Å². The monoisotopic (exact) mass is 267 g/mol. The van der Waals surface area contributed by atoms with E-state index in [1.165, 1.54) is 48.5 Å². The van der Waals surface area contributed by atoms with Crippen LogP contribution in [0.3, 0.4) is 0 Å². The summed E-state index contributed by atoms with van der Waals surface area (Å²) in [5, 5.41) is 27.9. The predicted octanol–water partition coefficient (Wildman–Crippen LogP) is 3.35. The standard InChI is InChI=1S/C6H4ClNO2.C6H6O2/c7-5-1-3-6(4-2-5)8(9)10;7-5-1-2-6(8)4-3-5/h1-4H;1-4,7-8H. The minimum atomic E-state index is -0.462. The molecule has 0 amide bonds. The third-order valence-corrected chi connectivity index (χ3v) is 2.14. The maximum atomic E-state index is 10.1. The third kappa shape index (κ3) is 4.71. The number of phenolic OH excluding ortho intramolecular Hbond substituents is 2. The quantitative estimate of drug-likeness (QED) is 0.471. The number of hydrogen-bond acceptors (Lipinski definition) is 4. The number of aromatic hydroxyl groups is 2. The van der Waals surface area contributed by atoms with Crippen LogP contribution >= 0.6 is 11.6 Å². The second-order valence-corrected chi connectivity index (χ2v) is 3.69. The summed E-state index contributed by atoms with van der Waals surface area (Å²) in [6, 6.07) is 11.4. The van der Waals surface area contributed by atoms with E-state index in [0.717, 1.165) is 0 Å². The molecule has 0 aromatic heterocycles. The summed E-state index contributed by atoms with van der Waals surface area (Å²) in [5.41, 5.74) is 0.0596. The van der Waals surface area contributed by atoms with Gasteiger partial charge in [-0.15, -0.1) is 0 Å². The van der Waals surface area contributed by atoms with E-state index in [2.05, 4.69) is 0 Å². The minimum Gasteiger partial charge on any atom is -0.508 e. The molecule has 0 spiro atoms. The molecule has 0 unspecified atom stereocenters. The molecule has 94 valence electrons. The molecule has 0 aliphatic carbocycles. The Morgan fingerprint density at radius 1 is 0.889 bits per heavy atom. The molecule has 0 aliphatic rings. The zero-order chi connectivity index (χ0) is 13.5. The van der Waals surface area contributed by atoms with Crippen molar-refractivity contribution >= 4 is 17.3 Å². The molecule has 0 atom stereocenters. The first-order chi connectivity index (χ1) is 8.49. The maximum absolute atomic E-state index is 10.1. The summed E-state index contributed by atoms with van der Waals surface area (Å²) in [6.45, 7) is 0. The van der Waals surface area contributed by atoms with Crippen molar-refractivity contribution < 1.29 is 15.1 Å². The van der Waals surface area contributed by atoms with Gasteiger partial charge in [-0.25, -0.2) is 0 Å². The summed E-state index contributed by atoms with van der Waals surface area (Å²) < 4.78 is 0. The molecule has 2 aromatic rings. The van der Waals surface area contributed by atoms with Crippen molar-refractivity contribution in [2.45, 2.75) is 0 Å². The molecule has 2 N–H and O–H groups in total. The summed E-state index contributed by atoms with van der Waals surface area (Å²) in [7, 11) is 0. The Labute approximate surface area is 108 Å². The Morgan fingerprint density at radius 2 is 1.28 bits per heavy atom. The van der Waals surface area contributed by atoms with E-state index in [1.54, 1.807) is 0 Å². The van der Waals surface area contributed by atoms with Gasteiger partial charge in [-0.2, -0.15) is 0 Å². The van der Waals surface area contributed by atoms with Gasteiger partial charge in [-0.3, -0.25) is 10.1 Å². The molecular formula is C12H10ClNO4. The average Bonchev–Trinajstić information content (AvgIpc) is 2.34. The zero-order valence-electron chi connectivity index (χ0n) is 9.15. The van der Waals surface area contributed by atoms with Gasteiger partial charge < -0.3 is 10.2 Å². The van der Waals surface area contributed by atoms with Gasteiger partial charge in [0.2, 0.25) is 0 Å². The van der Waals surface area contributed by atoms with E-state index < -0.39 is 4.92 Å². The number of phenols is 2. The van der Waals surface area contributed by atoms with Crippen LogP contribution < -0.4 is 0 Å².